The SMILES string of the molecule is COC(=O)c1cc(S(=O)(=O)NC(C)(C)CN)ccc1OC.Cl. The third-order valence-electron chi connectivity index (χ3n) is 2.81. The summed E-state index contributed by atoms with van der Waals surface area (Å²) in [5, 5.41) is 0. The smallest absolute Gasteiger partial charge is 0.341 e. The minimum Gasteiger partial charge on any atom is -0.496 e. The molecule has 0 aliphatic carbocycles. The Hall–Kier alpha value is -1.35. The molecular formula is C13H21ClN2O5S. The summed E-state index contributed by atoms with van der Waals surface area (Å²) in [6.07, 6.45) is 0. The zero-order valence-corrected chi connectivity index (χ0v) is 14.5. The first-order chi connectivity index (χ1) is 9.66. The highest BCUT2D eigenvalue weighted by atomic mass is 35.5. The number of hydrogen-bond donors (Lipinski definition) is 2. The van der Waals surface area contributed by atoms with Crippen LogP contribution in [0, 0.1) is 0 Å². The van der Waals surface area contributed by atoms with Gasteiger partial charge >= 0.3 is 5.97 Å². The van der Waals surface area contributed by atoms with Gasteiger partial charge in [-0.25, -0.2) is 17.9 Å². The van der Waals surface area contributed by atoms with Crippen LogP contribution in [0.3, 0.4) is 0 Å². The van der Waals surface area contributed by atoms with Crippen LogP contribution >= 0.6 is 12.4 Å². The van der Waals surface area contributed by atoms with Crippen LogP contribution in [-0.2, 0) is 14.8 Å². The van der Waals surface area contributed by atoms with Crippen LogP contribution in [0.15, 0.2) is 23.1 Å². The highest BCUT2D eigenvalue weighted by Gasteiger charge is 2.26. The zero-order valence-electron chi connectivity index (χ0n) is 12.9. The topological polar surface area (TPSA) is 108 Å². The molecule has 0 saturated heterocycles. The summed E-state index contributed by atoms with van der Waals surface area (Å²) >= 11 is 0. The van der Waals surface area contributed by atoms with Gasteiger partial charge in [0.05, 0.1) is 19.1 Å². The van der Waals surface area contributed by atoms with E-state index < -0.39 is 21.5 Å². The number of halogens is 1. The Balaban J connectivity index is 0.00000441. The molecule has 0 aliphatic rings. The fourth-order valence-corrected chi connectivity index (χ4v) is 3.04. The maximum atomic E-state index is 12.3. The van der Waals surface area contributed by atoms with Crippen molar-refractivity contribution in [2.45, 2.75) is 24.3 Å². The maximum Gasteiger partial charge on any atom is 0.341 e. The number of rotatable bonds is 6. The molecule has 3 N–H and O–H groups in total. The van der Waals surface area contributed by atoms with Crippen molar-refractivity contribution in [1.82, 2.24) is 4.72 Å². The number of carbonyl (C=O) groups excluding carboxylic acids is 1. The number of carbonyl (C=O) groups is 1. The van der Waals surface area contributed by atoms with Crippen molar-refractivity contribution >= 4 is 28.4 Å². The van der Waals surface area contributed by atoms with Crippen molar-refractivity contribution in [2.24, 2.45) is 5.73 Å². The lowest BCUT2D eigenvalue weighted by molar-refractivity contribution is 0.0597. The quantitative estimate of drug-likeness (QED) is 0.737. The van der Waals surface area contributed by atoms with Crippen LogP contribution in [0.25, 0.3) is 0 Å². The van der Waals surface area contributed by atoms with Crippen LogP contribution in [-0.4, -0.2) is 40.7 Å². The van der Waals surface area contributed by atoms with E-state index in [2.05, 4.69) is 9.46 Å². The largest absolute Gasteiger partial charge is 0.496 e. The summed E-state index contributed by atoms with van der Waals surface area (Å²) < 4.78 is 36.7. The summed E-state index contributed by atoms with van der Waals surface area (Å²) in [6.45, 7) is 3.46. The Morgan fingerprint density at radius 3 is 2.36 bits per heavy atom. The lowest BCUT2D eigenvalue weighted by atomic mass is 10.1. The number of sulfonamides is 1. The number of ether oxygens (including phenoxy) is 2. The summed E-state index contributed by atoms with van der Waals surface area (Å²) in [6, 6.07) is 3.95. The average molecular weight is 353 g/mol. The standard InChI is InChI=1S/C13H20N2O5S.ClH/c1-13(2,8-14)15-21(17,18)9-5-6-11(19-3)10(7-9)12(16)20-4;/h5-7,15H,8,14H2,1-4H3;1H. The molecule has 126 valence electrons. The molecule has 9 heteroatoms. The fraction of sp³-hybridized carbons (Fsp3) is 0.462. The van der Waals surface area contributed by atoms with Crippen molar-refractivity contribution in [3.05, 3.63) is 23.8 Å². The van der Waals surface area contributed by atoms with Crippen molar-refractivity contribution < 1.29 is 22.7 Å². The van der Waals surface area contributed by atoms with Crippen LogP contribution in [0.4, 0.5) is 0 Å². The van der Waals surface area contributed by atoms with Gasteiger partial charge in [-0.1, -0.05) is 0 Å². The van der Waals surface area contributed by atoms with Gasteiger partial charge in [0, 0.05) is 12.1 Å². The van der Waals surface area contributed by atoms with Gasteiger partial charge < -0.3 is 15.2 Å². The van der Waals surface area contributed by atoms with Crippen LogP contribution < -0.4 is 15.2 Å². The molecule has 1 rings (SSSR count). The Kier molecular flexibility index (Phi) is 7.30. The Labute approximate surface area is 136 Å². The van der Waals surface area contributed by atoms with E-state index >= 15 is 0 Å². The molecule has 0 atom stereocenters. The lowest BCUT2D eigenvalue weighted by Gasteiger charge is -2.24. The monoisotopic (exact) mass is 352 g/mol. The molecule has 1 aromatic rings. The molecule has 0 heterocycles. The minimum atomic E-state index is -3.81. The highest BCUT2D eigenvalue weighted by Crippen LogP contribution is 2.23. The average Bonchev–Trinajstić information content (AvgIpc) is 2.44. The van der Waals surface area contributed by atoms with E-state index in [1.807, 2.05) is 0 Å². The molecule has 0 aromatic heterocycles. The van der Waals surface area contributed by atoms with Gasteiger partial charge in [-0.3, -0.25) is 0 Å². The molecule has 0 radical (unpaired) electrons. The Bertz CT molecular complexity index is 631. The van der Waals surface area contributed by atoms with Gasteiger partial charge in [0.1, 0.15) is 11.3 Å². The fourth-order valence-electron chi connectivity index (χ4n) is 1.59. The summed E-state index contributed by atoms with van der Waals surface area (Å²) in [5.41, 5.74) is 4.75. The van der Waals surface area contributed by atoms with E-state index in [9.17, 15) is 13.2 Å². The van der Waals surface area contributed by atoms with Gasteiger partial charge in [0.25, 0.3) is 0 Å². The molecule has 0 unspecified atom stereocenters. The maximum absolute atomic E-state index is 12.3. The second-order valence-electron chi connectivity index (χ2n) is 5.05. The van der Waals surface area contributed by atoms with Crippen LogP contribution in [0.5, 0.6) is 5.75 Å². The molecule has 0 spiro atoms. The molecule has 0 saturated carbocycles. The highest BCUT2D eigenvalue weighted by molar-refractivity contribution is 7.89. The third-order valence-corrected chi connectivity index (χ3v) is 4.50. The zero-order chi connectivity index (χ0) is 16.3. The van der Waals surface area contributed by atoms with Gasteiger partial charge in [0.2, 0.25) is 10.0 Å². The van der Waals surface area contributed by atoms with Crippen molar-refractivity contribution in [3.63, 3.8) is 0 Å². The summed E-state index contributed by atoms with van der Waals surface area (Å²) in [4.78, 5) is 11.6. The van der Waals surface area contributed by atoms with Crippen molar-refractivity contribution in [3.8, 4) is 5.75 Å². The summed E-state index contributed by atoms with van der Waals surface area (Å²) in [5.74, 6) is -0.444. The number of methoxy groups -OCH3 is 2. The van der Waals surface area contributed by atoms with Crippen molar-refractivity contribution in [2.75, 3.05) is 20.8 Å². The second-order valence-corrected chi connectivity index (χ2v) is 6.73. The first kappa shape index (κ1) is 20.6. The number of nitrogens with two attached hydrogens (primary N) is 1. The number of benzene rings is 1. The lowest BCUT2D eigenvalue weighted by Crippen LogP contribution is -2.48. The molecule has 0 bridgehead atoms. The molecule has 0 amide bonds. The Morgan fingerprint density at radius 1 is 1.32 bits per heavy atom. The van der Waals surface area contributed by atoms with E-state index in [0.717, 1.165) is 0 Å². The molecule has 1 aromatic carbocycles. The van der Waals surface area contributed by atoms with Gasteiger partial charge in [-0.05, 0) is 32.0 Å². The Morgan fingerprint density at radius 2 is 1.91 bits per heavy atom. The normalized spacial score (nSPS) is 11.5. The van der Waals surface area contributed by atoms with E-state index in [-0.39, 0.29) is 35.2 Å². The van der Waals surface area contributed by atoms with E-state index in [0.29, 0.717) is 0 Å². The third kappa shape index (κ3) is 4.84. The predicted octanol–water partition coefficient (Wildman–Crippen LogP) is 0.919. The first-order valence-electron chi connectivity index (χ1n) is 6.17. The molecular weight excluding hydrogens is 332 g/mol. The van der Waals surface area contributed by atoms with Gasteiger partial charge in [-0.2, -0.15) is 0 Å². The van der Waals surface area contributed by atoms with Crippen molar-refractivity contribution in [1.29, 1.82) is 0 Å². The van der Waals surface area contributed by atoms with Crippen LogP contribution in [0.1, 0.15) is 24.2 Å². The first-order valence-corrected chi connectivity index (χ1v) is 7.65. The van der Waals surface area contributed by atoms with Crippen LogP contribution in [0.2, 0.25) is 0 Å². The molecule has 7 nitrogen and oxygen atoms in total. The summed E-state index contributed by atoms with van der Waals surface area (Å²) in [7, 11) is -1.22. The van der Waals surface area contributed by atoms with Gasteiger partial charge in [-0.15, -0.1) is 12.4 Å². The van der Waals surface area contributed by atoms with Gasteiger partial charge in [0.15, 0.2) is 0 Å². The molecule has 0 fully saturated rings. The van der Waals surface area contributed by atoms with E-state index in [4.69, 9.17) is 10.5 Å². The predicted molar refractivity (Wildman–Crippen MR) is 85.0 cm³/mol. The number of hydrogen-bond acceptors (Lipinski definition) is 6. The van der Waals surface area contributed by atoms with E-state index in [1.165, 1.54) is 32.4 Å². The number of nitrogens with one attached hydrogen (secondary N) is 1. The molecule has 22 heavy (non-hydrogen) atoms. The second kappa shape index (κ2) is 7.77. The van der Waals surface area contributed by atoms with E-state index in [1.54, 1.807) is 13.8 Å². The molecule has 0 aliphatic heterocycles. The number of esters is 1. The minimum absolute atomic E-state index is 0.